The predicted octanol–water partition coefficient (Wildman–Crippen LogP) is 2.09. The van der Waals surface area contributed by atoms with Crippen LogP contribution in [0.4, 0.5) is 0 Å². The van der Waals surface area contributed by atoms with E-state index in [-0.39, 0.29) is 23.3 Å². The summed E-state index contributed by atoms with van der Waals surface area (Å²) in [6, 6.07) is 13.4. The Morgan fingerprint density at radius 3 is 1.29 bits per heavy atom. The van der Waals surface area contributed by atoms with Crippen LogP contribution in [0.15, 0.2) is 48.5 Å². The van der Waals surface area contributed by atoms with Gasteiger partial charge in [0.1, 0.15) is 11.5 Å². The highest BCUT2D eigenvalue weighted by molar-refractivity contribution is 5.37. The van der Waals surface area contributed by atoms with Crippen LogP contribution < -0.4 is 0 Å². The summed E-state index contributed by atoms with van der Waals surface area (Å²) in [6.07, 6.45) is -0.955. The third kappa shape index (κ3) is 2.60. The first-order chi connectivity index (χ1) is 10.1. The van der Waals surface area contributed by atoms with Crippen LogP contribution in [0.2, 0.25) is 0 Å². The molecule has 1 aliphatic carbocycles. The van der Waals surface area contributed by atoms with E-state index in [1.165, 1.54) is 0 Å². The number of rotatable bonds is 2. The second-order valence-electron chi connectivity index (χ2n) is 5.61. The van der Waals surface area contributed by atoms with Gasteiger partial charge in [0.05, 0.1) is 12.2 Å². The van der Waals surface area contributed by atoms with Crippen LogP contribution in [-0.4, -0.2) is 32.6 Å². The number of benzene rings is 2. The lowest BCUT2D eigenvalue weighted by molar-refractivity contribution is 0.130. The molecule has 1 fully saturated rings. The Bertz CT molecular complexity index is 550. The Hall–Kier alpha value is -2.04. The van der Waals surface area contributed by atoms with Crippen molar-refractivity contribution in [2.24, 2.45) is 0 Å². The van der Waals surface area contributed by atoms with E-state index in [4.69, 9.17) is 0 Å². The van der Waals surface area contributed by atoms with Gasteiger partial charge in [-0.25, -0.2) is 0 Å². The smallest absolute Gasteiger partial charge is 0.115 e. The SMILES string of the molecule is Oc1ccc([C@H]2[C@H](c3ccc(O)cc3)[C@@H](O)C[C@H]2O)cc1. The van der Waals surface area contributed by atoms with Crippen molar-refractivity contribution >= 4 is 0 Å². The van der Waals surface area contributed by atoms with Crippen molar-refractivity contribution in [3.63, 3.8) is 0 Å². The summed E-state index contributed by atoms with van der Waals surface area (Å²) in [5.74, 6) is -0.115. The van der Waals surface area contributed by atoms with Crippen molar-refractivity contribution in [2.75, 3.05) is 0 Å². The largest absolute Gasteiger partial charge is 0.508 e. The number of aliphatic hydroxyl groups is 2. The number of aromatic hydroxyl groups is 2. The van der Waals surface area contributed by atoms with Gasteiger partial charge in [-0.2, -0.15) is 0 Å². The molecule has 0 heterocycles. The maximum Gasteiger partial charge on any atom is 0.115 e. The normalized spacial score (nSPS) is 28.7. The van der Waals surface area contributed by atoms with Crippen molar-refractivity contribution < 1.29 is 20.4 Å². The van der Waals surface area contributed by atoms with Crippen LogP contribution in [0, 0.1) is 0 Å². The van der Waals surface area contributed by atoms with E-state index in [9.17, 15) is 20.4 Å². The minimum absolute atomic E-state index is 0.174. The van der Waals surface area contributed by atoms with Gasteiger partial charge in [-0.15, -0.1) is 0 Å². The van der Waals surface area contributed by atoms with Gasteiger partial charge in [-0.1, -0.05) is 24.3 Å². The van der Waals surface area contributed by atoms with Crippen molar-refractivity contribution in [2.45, 2.75) is 30.5 Å². The summed E-state index contributed by atoms with van der Waals surface area (Å²) < 4.78 is 0. The lowest BCUT2D eigenvalue weighted by Crippen LogP contribution is -2.18. The molecule has 0 unspecified atom stereocenters. The maximum absolute atomic E-state index is 10.3. The first-order valence-electron chi connectivity index (χ1n) is 7.00. The summed E-state index contributed by atoms with van der Waals surface area (Å²) >= 11 is 0. The molecular weight excluding hydrogens is 268 g/mol. The highest BCUT2D eigenvalue weighted by Crippen LogP contribution is 2.46. The van der Waals surface area contributed by atoms with Crippen LogP contribution in [0.1, 0.15) is 29.4 Å². The van der Waals surface area contributed by atoms with Gasteiger partial charge in [-0.3, -0.25) is 0 Å². The van der Waals surface area contributed by atoms with Gasteiger partial charge < -0.3 is 20.4 Å². The summed E-state index contributed by atoms with van der Waals surface area (Å²) in [4.78, 5) is 0. The van der Waals surface area contributed by atoms with Crippen molar-refractivity contribution in [1.29, 1.82) is 0 Å². The number of hydrogen-bond donors (Lipinski definition) is 4. The quantitative estimate of drug-likeness (QED) is 0.681. The fourth-order valence-corrected chi connectivity index (χ4v) is 3.27. The number of phenols is 2. The molecule has 0 aromatic heterocycles. The number of phenolic OH excluding ortho intramolecular Hbond substituents is 2. The lowest BCUT2D eigenvalue weighted by Gasteiger charge is -2.24. The number of aliphatic hydroxyl groups excluding tert-OH is 2. The predicted molar refractivity (Wildman–Crippen MR) is 78.3 cm³/mol. The summed E-state index contributed by atoms with van der Waals surface area (Å²) in [5.41, 5.74) is 1.77. The second-order valence-corrected chi connectivity index (χ2v) is 5.61. The Kier molecular flexibility index (Phi) is 3.57. The Morgan fingerprint density at radius 2 is 0.952 bits per heavy atom. The molecule has 3 rings (SSSR count). The molecule has 4 N–H and O–H groups in total. The first kappa shape index (κ1) is 13.9. The Labute approximate surface area is 122 Å². The van der Waals surface area contributed by atoms with Crippen LogP contribution in [0.25, 0.3) is 0 Å². The van der Waals surface area contributed by atoms with Crippen LogP contribution in [-0.2, 0) is 0 Å². The highest BCUT2D eigenvalue weighted by atomic mass is 16.3. The minimum Gasteiger partial charge on any atom is -0.508 e. The van der Waals surface area contributed by atoms with Gasteiger partial charge >= 0.3 is 0 Å². The molecule has 0 radical (unpaired) electrons. The Balaban J connectivity index is 1.99. The van der Waals surface area contributed by atoms with E-state index >= 15 is 0 Å². The summed E-state index contributed by atoms with van der Waals surface area (Å²) in [7, 11) is 0. The molecule has 4 nitrogen and oxygen atoms in total. The molecule has 110 valence electrons. The van der Waals surface area contributed by atoms with Crippen molar-refractivity contribution in [1.82, 2.24) is 0 Å². The molecule has 1 aliphatic rings. The molecule has 0 saturated heterocycles. The average Bonchev–Trinajstić information content (AvgIpc) is 2.75. The molecule has 0 aliphatic heterocycles. The van der Waals surface area contributed by atoms with E-state index in [0.29, 0.717) is 6.42 Å². The highest BCUT2D eigenvalue weighted by Gasteiger charge is 2.43. The fourth-order valence-electron chi connectivity index (χ4n) is 3.27. The first-order valence-corrected chi connectivity index (χ1v) is 7.00. The summed E-state index contributed by atoms with van der Waals surface area (Å²) in [6.45, 7) is 0. The van der Waals surface area contributed by atoms with E-state index in [1.54, 1.807) is 48.5 Å². The van der Waals surface area contributed by atoms with Crippen LogP contribution in [0.3, 0.4) is 0 Å². The van der Waals surface area contributed by atoms with Gasteiger partial charge in [0, 0.05) is 18.3 Å². The molecule has 4 atom stereocenters. The van der Waals surface area contributed by atoms with E-state index in [0.717, 1.165) is 11.1 Å². The van der Waals surface area contributed by atoms with E-state index in [1.807, 2.05) is 0 Å². The van der Waals surface area contributed by atoms with Gasteiger partial charge in [0.15, 0.2) is 0 Å². The third-order valence-electron chi connectivity index (χ3n) is 4.25. The van der Waals surface area contributed by atoms with Crippen LogP contribution in [0.5, 0.6) is 11.5 Å². The van der Waals surface area contributed by atoms with Crippen LogP contribution >= 0.6 is 0 Å². The van der Waals surface area contributed by atoms with Gasteiger partial charge in [0.2, 0.25) is 0 Å². The summed E-state index contributed by atoms with van der Waals surface area (Å²) in [5, 5.41) is 39.4. The standard InChI is InChI=1S/C17H18O4/c18-12-5-1-10(2-6-12)16-14(20)9-15(21)17(16)11-3-7-13(19)8-4-11/h1-8,14-21H,9H2/t14-,15+,16-,17-/m1/s1. The lowest BCUT2D eigenvalue weighted by atomic mass is 9.82. The van der Waals surface area contributed by atoms with Gasteiger partial charge in [-0.05, 0) is 35.4 Å². The molecule has 0 spiro atoms. The van der Waals surface area contributed by atoms with E-state index < -0.39 is 12.2 Å². The third-order valence-corrected chi connectivity index (χ3v) is 4.25. The minimum atomic E-state index is -0.636. The molecule has 0 amide bonds. The molecule has 0 bridgehead atoms. The molecule has 2 aromatic rings. The maximum atomic E-state index is 10.3. The fraction of sp³-hybridized carbons (Fsp3) is 0.294. The second kappa shape index (κ2) is 5.39. The monoisotopic (exact) mass is 286 g/mol. The van der Waals surface area contributed by atoms with Gasteiger partial charge in [0.25, 0.3) is 0 Å². The zero-order valence-electron chi connectivity index (χ0n) is 11.4. The number of hydrogen-bond acceptors (Lipinski definition) is 4. The molecule has 2 aromatic carbocycles. The zero-order chi connectivity index (χ0) is 15.0. The van der Waals surface area contributed by atoms with Crippen molar-refractivity contribution in [3.05, 3.63) is 59.7 Å². The van der Waals surface area contributed by atoms with Crippen molar-refractivity contribution in [3.8, 4) is 11.5 Å². The molecule has 1 saturated carbocycles. The Morgan fingerprint density at radius 1 is 0.619 bits per heavy atom. The molecule has 21 heavy (non-hydrogen) atoms. The molecular formula is C17H18O4. The zero-order valence-corrected chi connectivity index (χ0v) is 11.4. The topological polar surface area (TPSA) is 80.9 Å². The molecule has 4 heteroatoms. The average molecular weight is 286 g/mol. The van der Waals surface area contributed by atoms with E-state index in [2.05, 4.69) is 0 Å².